The molecule has 0 atom stereocenters. The Hall–Kier alpha value is -1.13. The molecule has 2 saturated heterocycles. The Bertz CT molecular complexity index is 494. The fourth-order valence-corrected chi connectivity index (χ4v) is 3.50. The Labute approximate surface area is 133 Å². The van der Waals surface area contributed by atoms with Crippen LogP contribution >= 0.6 is 0 Å². The second kappa shape index (κ2) is 7.42. The summed E-state index contributed by atoms with van der Waals surface area (Å²) in [6.07, 6.45) is 4.41. The minimum atomic E-state index is -0.0473. The van der Waals surface area contributed by atoms with E-state index in [1.165, 1.54) is 18.4 Å². The number of ether oxygens (including phenoxy) is 1. The van der Waals surface area contributed by atoms with Crippen LogP contribution in [0.2, 0.25) is 0 Å². The van der Waals surface area contributed by atoms with Crippen molar-refractivity contribution in [2.24, 2.45) is 0 Å². The van der Waals surface area contributed by atoms with Crippen LogP contribution in [-0.4, -0.2) is 50.8 Å². The summed E-state index contributed by atoms with van der Waals surface area (Å²) in [6, 6.07) is 3.81. The van der Waals surface area contributed by atoms with E-state index in [4.69, 9.17) is 4.74 Å². The van der Waals surface area contributed by atoms with E-state index < -0.39 is 0 Å². The molecule has 0 radical (unpaired) electrons. The van der Waals surface area contributed by atoms with Crippen molar-refractivity contribution >= 4 is 5.69 Å². The van der Waals surface area contributed by atoms with E-state index in [-0.39, 0.29) is 5.82 Å². The summed E-state index contributed by atoms with van der Waals surface area (Å²) >= 11 is 0. The Balaban J connectivity index is 1.57. The third-order valence-electron chi connectivity index (χ3n) is 4.88. The number of halogens is 1. The number of aryl methyl sites for hydroxylation is 2. The van der Waals surface area contributed by atoms with Gasteiger partial charge >= 0.3 is 0 Å². The van der Waals surface area contributed by atoms with Crippen molar-refractivity contribution in [2.75, 3.05) is 50.8 Å². The molecule has 0 unspecified atom stereocenters. The molecule has 0 aliphatic carbocycles. The lowest BCUT2D eigenvalue weighted by molar-refractivity contribution is 0.0374. The lowest BCUT2D eigenvalue weighted by Gasteiger charge is -2.26. The zero-order valence-corrected chi connectivity index (χ0v) is 13.6. The van der Waals surface area contributed by atoms with Crippen molar-refractivity contribution in [2.45, 2.75) is 32.6 Å². The van der Waals surface area contributed by atoms with Gasteiger partial charge in [-0.25, -0.2) is 4.39 Å². The Morgan fingerprint density at radius 2 is 1.82 bits per heavy atom. The largest absolute Gasteiger partial charge is 0.379 e. The molecule has 0 spiro atoms. The van der Waals surface area contributed by atoms with Gasteiger partial charge in [0, 0.05) is 26.2 Å². The fourth-order valence-electron chi connectivity index (χ4n) is 3.50. The molecular formula is C18H27FN2O. The summed E-state index contributed by atoms with van der Waals surface area (Å²) in [4.78, 5) is 4.62. The normalized spacial score (nSPS) is 19.8. The van der Waals surface area contributed by atoms with Gasteiger partial charge < -0.3 is 9.64 Å². The summed E-state index contributed by atoms with van der Waals surface area (Å²) in [7, 11) is 0. The first-order valence-corrected chi connectivity index (χ1v) is 8.58. The minimum absolute atomic E-state index is 0.0473. The highest BCUT2D eigenvalue weighted by molar-refractivity contribution is 5.52. The van der Waals surface area contributed by atoms with Gasteiger partial charge in [0.1, 0.15) is 5.82 Å². The van der Waals surface area contributed by atoms with Crippen molar-refractivity contribution in [3.05, 3.63) is 29.1 Å². The number of hydrogen-bond acceptors (Lipinski definition) is 3. The number of morpholine rings is 1. The lowest BCUT2D eigenvalue weighted by atomic mass is 10.0. The highest BCUT2D eigenvalue weighted by Gasteiger charge is 2.17. The number of hydrogen-bond donors (Lipinski definition) is 0. The van der Waals surface area contributed by atoms with Crippen molar-refractivity contribution in [3.8, 4) is 0 Å². The molecule has 0 amide bonds. The summed E-state index contributed by atoms with van der Waals surface area (Å²) in [5.41, 5.74) is 3.19. The van der Waals surface area contributed by atoms with Crippen LogP contribution in [0.15, 0.2) is 12.1 Å². The van der Waals surface area contributed by atoms with Crippen LogP contribution in [0.4, 0.5) is 10.1 Å². The first-order chi connectivity index (χ1) is 10.7. The molecule has 22 heavy (non-hydrogen) atoms. The molecule has 0 saturated carbocycles. The fraction of sp³-hybridized carbons (Fsp3) is 0.667. The summed E-state index contributed by atoms with van der Waals surface area (Å²) < 4.78 is 19.8. The Morgan fingerprint density at radius 1 is 1.09 bits per heavy atom. The third-order valence-corrected chi connectivity index (χ3v) is 4.88. The molecule has 2 aliphatic heterocycles. The Kier molecular flexibility index (Phi) is 5.32. The van der Waals surface area contributed by atoms with Gasteiger partial charge in [0.2, 0.25) is 0 Å². The highest BCUT2D eigenvalue weighted by atomic mass is 19.1. The SMILES string of the molecule is Cc1cc(N2CCCC2)c(F)cc1CCCN1CCOCC1. The maximum Gasteiger partial charge on any atom is 0.146 e. The van der Waals surface area contributed by atoms with E-state index in [2.05, 4.69) is 16.7 Å². The van der Waals surface area contributed by atoms with Crippen LogP contribution < -0.4 is 4.90 Å². The van der Waals surface area contributed by atoms with E-state index in [0.717, 1.165) is 70.0 Å². The maximum absolute atomic E-state index is 14.4. The molecule has 0 aromatic heterocycles. The topological polar surface area (TPSA) is 15.7 Å². The molecule has 3 nitrogen and oxygen atoms in total. The second-order valence-electron chi connectivity index (χ2n) is 6.48. The average Bonchev–Trinajstić information content (AvgIpc) is 3.05. The first-order valence-electron chi connectivity index (χ1n) is 8.58. The molecule has 0 bridgehead atoms. The molecule has 122 valence electrons. The van der Waals surface area contributed by atoms with Crippen LogP contribution in [0, 0.1) is 12.7 Å². The summed E-state index contributed by atoms with van der Waals surface area (Å²) in [5.74, 6) is -0.0473. The van der Waals surface area contributed by atoms with Gasteiger partial charge in [-0.1, -0.05) is 0 Å². The predicted molar refractivity (Wildman–Crippen MR) is 88.2 cm³/mol. The summed E-state index contributed by atoms with van der Waals surface area (Å²) in [6.45, 7) is 8.93. The van der Waals surface area contributed by atoms with Gasteiger partial charge in [0.05, 0.1) is 18.9 Å². The molecule has 1 aromatic carbocycles. The van der Waals surface area contributed by atoms with Gasteiger partial charge in [-0.2, -0.15) is 0 Å². The lowest BCUT2D eigenvalue weighted by Crippen LogP contribution is -2.36. The molecule has 2 aliphatic rings. The van der Waals surface area contributed by atoms with Crippen LogP contribution in [0.1, 0.15) is 30.4 Å². The third kappa shape index (κ3) is 3.79. The molecule has 4 heteroatoms. The zero-order valence-electron chi connectivity index (χ0n) is 13.6. The van der Waals surface area contributed by atoms with E-state index >= 15 is 0 Å². The van der Waals surface area contributed by atoms with Crippen LogP contribution in [-0.2, 0) is 11.2 Å². The first kappa shape index (κ1) is 15.8. The van der Waals surface area contributed by atoms with E-state index in [0.29, 0.717) is 0 Å². The van der Waals surface area contributed by atoms with E-state index in [1.807, 2.05) is 6.07 Å². The highest BCUT2D eigenvalue weighted by Crippen LogP contribution is 2.27. The van der Waals surface area contributed by atoms with Crippen LogP contribution in [0.3, 0.4) is 0 Å². The van der Waals surface area contributed by atoms with E-state index in [9.17, 15) is 4.39 Å². The second-order valence-corrected chi connectivity index (χ2v) is 6.48. The van der Waals surface area contributed by atoms with Gasteiger partial charge in [0.25, 0.3) is 0 Å². The van der Waals surface area contributed by atoms with Gasteiger partial charge in [0.15, 0.2) is 0 Å². The molecule has 1 aromatic rings. The number of benzene rings is 1. The molecular weight excluding hydrogens is 279 g/mol. The molecule has 0 N–H and O–H groups in total. The number of rotatable bonds is 5. The zero-order chi connectivity index (χ0) is 15.4. The smallest absolute Gasteiger partial charge is 0.146 e. The number of nitrogens with zero attached hydrogens (tertiary/aromatic N) is 2. The van der Waals surface area contributed by atoms with Crippen molar-refractivity contribution in [1.82, 2.24) is 4.90 Å². The van der Waals surface area contributed by atoms with Crippen molar-refractivity contribution < 1.29 is 9.13 Å². The van der Waals surface area contributed by atoms with Gasteiger partial charge in [-0.3, -0.25) is 4.90 Å². The molecule has 2 fully saturated rings. The van der Waals surface area contributed by atoms with Crippen LogP contribution in [0.5, 0.6) is 0 Å². The Morgan fingerprint density at radius 3 is 2.55 bits per heavy atom. The summed E-state index contributed by atoms with van der Waals surface area (Å²) in [5, 5.41) is 0. The molecule has 3 rings (SSSR count). The average molecular weight is 306 g/mol. The van der Waals surface area contributed by atoms with Gasteiger partial charge in [-0.05, 0) is 62.4 Å². The predicted octanol–water partition coefficient (Wildman–Crippen LogP) is 3.00. The van der Waals surface area contributed by atoms with E-state index in [1.54, 1.807) is 6.07 Å². The van der Waals surface area contributed by atoms with Crippen molar-refractivity contribution in [3.63, 3.8) is 0 Å². The number of anilines is 1. The standard InChI is InChI=1S/C18H27FN2O/c1-15-13-18(21-7-2-3-8-21)17(19)14-16(15)5-4-6-20-9-11-22-12-10-20/h13-14H,2-12H2,1H3. The molecule has 2 heterocycles. The quantitative estimate of drug-likeness (QED) is 0.832. The van der Waals surface area contributed by atoms with Crippen LogP contribution in [0.25, 0.3) is 0 Å². The monoisotopic (exact) mass is 306 g/mol. The minimum Gasteiger partial charge on any atom is -0.379 e. The van der Waals surface area contributed by atoms with Gasteiger partial charge in [-0.15, -0.1) is 0 Å². The maximum atomic E-state index is 14.4. The van der Waals surface area contributed by atoms with Crippen molar-refractivity contribution in [1.29, 1.82) is 0 Å².